The van der Waals surface area contributed by atoms with Crippen LogP contribution in [0.2, 0.25) is 0 Å². The first-order valence-electron chi connectivity index (χ1n) is 9.47. The lowest BCUT2D eigenvalue weighted by Crippen LogP contribution is -2.42. The number of amides is 1. The van der Waals surface area contributed by atoms with Crippen molar-refractivity contribution in [1.29, 1.82) is 0 Å². The maximum absolute atomic E-state index is 13.2. The van der Waals surface area contributed by atoms with Crippen LogP contribution < -0.4 is 16.6 Å². The number of fused-ring (bicyclic) bond motifs is 1. The Balaban J connectivity index is 1.75. The molecule has 0 unspecified atom stereocenters. The predicted octanol–water partition coefficient (Wildman–Crippen LogP) is 2.71. The van der Waals surface area contributed by atoms with E-state index in [-0.39, 0.29) is 24.5 Å². The molecule has 8 nitrogen and oxygen atoms in total. The Morgan fingerprint density at radius 1 is 1.06 bits per heavy atom. The second-order valence-corrected chi connectivity index (χ2v) is 7.91. The second kappa shape index (κ2) is 8.65. The van der Waals surface area contributed by atoms with Crippen molar-refractivity contribution in [3.05, 3.63) is 97.5 Å². The van der Waals surface area contributed by atoms with Gasteiger partial charge in [-0.05, 0) is 60.5 Å². The summed E-state index contributed by atoms with van der Waals surface area (Å²) >= 11 is 3.39. The predicted molar refractivity (Wildman–Crippen MR) is 121 cm³/mol. The topological polar surface area (TPSA) is 98.9 Å². The average molecular weight is 480 g/mol. The zero-order chi connectivity index (χ0) is 22.0. The highest BCUT2D eigenvalue weighted by Gasteiger charge is 2.17. The molecule has 1 N–H and O–H groups in total. The van der Waals surface area contributed by atoms with Gasteiger partial charge in [-0.1, -0.05) is 15.9 Å². The van der Waals surface area contributed by atoms with E-state index in [0.29, 0.717) is 11.2 Å². The van der Waals surface area contributed by atoms with Crippen molar-refractivity contribution < 1.29 is 4.79 Å². The number of anilines is 1. The van der Waals surface area contributed by atoms with Gasteiger partial charge in [-0.25, -0.2) is 9.78 Å². The standard InChI is InChI=1S/C22H18BrN5O3/c1-14-11-16(23)4-5-17(14)26-19(29)13-27-18-3-2-8-25-20(18)21(30)28(22(27)31)12-15-6-9-24-10-7-15/h2-11H,12-13H2,1H3,(H,26,29). The molecule has 0 saturated carbocycles. The van der Waals surface area contributed by atoms with Gasteiger partial charge in [0.25, 0.3) is 5.56 Å². The molecular weight excluding hydrogens is 462 g/mol. The fourth-order valence-corrected chi connectivity index (χ4v) is 3.78. The number of benzene rings is 1. The molecule has 3 aromatic heterocycles. The van der Waals surface area contributed by atoms with Crippen molar-refractivity contribution in [3.63, 3.8) is 0 Å². The fraction of sp³-hybridized carbons (Fsp3) is 0.136. The molecule has 0 aliphatic heterocycles. The Morgan fingerprint density at radius 2 is 1.84 bits per heavy atom. The number of nitrogens with one attached hydrogen (secondary N) is 1. The van der Waals surface area contributed by atoms with Gasteiger partial charge in [-0.3, -0.25) is 23.7 Å². The first-order valence-corrected chi connectivity index (χ1v) is 10.3. The Kier molecular flexibility index (Phi) is 5.77. The lowest BCUT2D eigenvalue weighted by atomic mass is 10.2. The minimum atomic E-state index is -0.579. The lowest BCUT2D eigenvalue weighted by molar-refractivity contribution is -0.116. The average Bonchev–Trinajstić information content (AvgIpc) is 2.77. The number of carbonyl (C=O) groups excluding carboxylic acids is 1. The largest absolute Gasteiger partial charge is 0.332 e. The van der Waals surface area contributed by atoms with Gasteiger partial charge in [0.1, 0.15) is 6.54 Å². The number of nitrogens with zero attached hydrogens (tertiary/aromatic N) is 4. The first-order chi connectivity index (χ1) is 14.9. The summed E-state index contributed by atoms with van der Waals surface area (Å²) in [5, 5.41) is 2.83. The van der Waals surface area contributed by atoms with E-state index in [4.69, 9.17) is 0 Å². The summed E-state index contributed by atoms with van der Waals surface area (Å²) < 4.78 is 3.26. The monoisotopic (exact) mass is 479 g/mol. The summed E-state index contributed by atoms with van der Waals surface area (Å²) in [6.07, 6.45) is 4.67. The number of halogens is 1. The molecule has 0 fully saturated rings. The summed E-state index contributed by atoms with van der Waals surface area (Å²) in [6, 6.07) is 12.2. The third-order valence-corrected chi connectivity index (χ3v) is 5.33. The molecular formula is C22H18BrN5O3. The minimum absolute atomic E-state index is 0.0557. The lowest BCUT2D eigenvalue weighted by Gasteiger charge is -2.14. The Hall–Kier alpha value is -3.59. The molecule has 9 heteroatoms. The van der Waals surface area contributed by atoms with Crippen LogP contribution in [-0.4, -0.2) is 25.0 Å². The fourth-order valence-electron chi connectivity index (χ4n) is 3.31. The van der Waals surface area contributed by atoms with Crippen LogP contribution >= 0.6 is 15.9 Å². The highest BCUT2D eigenvalue weighted by atomic mass is 79.9. The number of hydrogen-bond donors (Lipinski definition) is 1. The molecule has 1 aromatic carbocycles. The van der Waals surface area contributed by atoms with Crippen LogP contribution in [0.1, 0.15) is 11.1 Å². The number of rotatable bonds is 5. The van der Waals surface area contributed by atoms with Crippen LogP contribution in [0.3, 0.4) is 0 Å². The highest BCUT2D eigenvalue weighted by molar-refractivity contribution is 9.10. The van der Waals surface area contributed by atoms with Crippen LogP contribution in [0.15, 0.2) is 75.1 Å². The highest BCUT2D eigenvalue weighted by Crippen LogP contribution is 2.20. The van der Waals surface area contributed by atoms with E-state index >= 15 is 0 Å². The maximum Gasteiger partial charge on any atom is 0.332 e. The molecule has 0 radical (unpaired) electrons. The molecule has 3 heterocycles. The molecule has 4 aromatic rings. The van der Waals surface area contributed by atoms with E-state index in [1.165, 1.54) is 10.8 Å². The van der Waals surface area contributed by atoms with Gasteiger partial charge < -0.3 is 5.32 Å². The van der Waals surface area contributed by atoms with Crippen molar-refractivity contribution in [2.75, 3.05) is 5.32 Å². The normalized spacial score (nSPS) is 10.9. The summed E-state index contributed by atoms with van der Waals surface area (Å²) in [6.45, 7) is 1.67. The van der Waals surface area contributed by atoms with Gasteiger partial charge >= 0.3 is 5.69 Å². The van der Waals surface area contributed by atoms with Gasteiger partial charge in [0, 0.05) is 28.8 Å². The smallest absolute Gasteiger partial charge is 0.324 e. The summed E-state index contributed by atoms with van der Waals surface area (Å²) in [5.41, 5.74) is 1.63. The Morgan fingerprint density at radius 3 is 2.58 bits per heavy atom. The number of aryl methyl sites for hydroxylation is 1. The SMILES string of the molecule is Cc1cc(Br)ccc1NC(=O)Cn1c(=O)n(Cc2ccncc2)c(=O)c2ncccc21. The number of aromatic nitrogens is 4. The molecule has 0 bridgehead atoms. The van der Waals surface area contributed by atoms with Crippen LogP contribution in [0.5, 0.6) is 0 Å². The van der Waals surface area contributed by atoms with E-state index < -0.39 is 11.2 Å². The van der Waals surface area contributed by atoms with Crippen molar-refractivity contribution in [2.24, 2.45) is 0 Å². The quantitative estimate of drug-likeness (QED) is 0.474. The van der Waals surface area contributed by atoms with E-state index in [9.17, 15) is 14.4 Å². The van der Waals surface area contributed by atoms with Gasteiger partial charge in [0.2, 0.25) is 5.91 Å². The van der Waals surface area contributed by atoms with Crippen LogP contribution in [-0.2, 0) is 17.9 Å². The molecule has 0 atom stereocenters. The zero-order valence-corrected chi connectivity index (χ0v) is 18.2. The zero-order valence-electron chi connectivity index (χ0n) is 16.6. The van der Waals surface area contributed by atoms with E-state index in [1.807, 2.05) is 19.1 Å². The van der Waals surface area contributed by atoms with E-state index in [0.717, 1.165) is 20.2 Å². The van der Waals surface area contributed by atoms with E-state index in [2.05, 4.69) is 31.2 Å². The van der Waals surface area contributed by atoms with Crippen LogP contribution in [0.4, 0.5) is 5.69 Å². The maximum atomic E-state index is 13.2. The minimum Gasteiger partial charge on any atom is -0.324 e. The number of hydrogen-bond acceptors (Lipinski definition) is 5. The number of carbonyl (C=O) groups is 1. The summed E-state index contributed by atoms with van der Waals surface area (Å²) in [5.74, 6) is -0.383. The van der Waals surface area contributed by atoms with E-state index in [1.54, 1.807) is 42.7 Å². The molecule has 1 amide bonds. The molecule has 0 aliphatic rings. The van der Waals surface area contributed by atoms with Crippen molar-refractivity contribution >= 4 is 38.6 Å². The Bertz CT molecular complexity index is 1400. The second-order valence-electron chi connectivity index (χ2n) is 6.99. The Labute approximate surface area is 185 Å². The molecule has 4 rings (SSSR count). The molecule has 0 spiro atoms. The van der Waals surface area contributed by atoms with Gasteiger partial charge in [-0.2, -0.15) is 0 Å². The summed E-state index contributed by atoms with van der Waals surface area (Å²) in [4.78, 5) is 47.0. The van der Waals surface area contributed by atoms with Crippen LogP contribution in [0.25, 0.3) is 11.0 Å². The molecule has 0 aliphatic carbocycles. The third-order valence-electron chi connectivity index (χ3n) is 4.84. The molecule has 0 saturated heterocycles. The van der Waals surface area contributed by atoms with Gasteiger partial charge in [0.15, 0.2) is 5.52 Å². The van der Waals surface area contributed by atoms with Crippen molar-refractivity contribution in [3.8, 4) is 0 Å². The number of pyridine rings is 2. The van der Waals surface area contributed by atoms with Crippen molar-refractivity contribution in [1.82, 2.24) is 19.1 Å². The summed E-state index contributed by atoms with van der Waals surface area (Å²) in [7, 11) is 0. The molecule has 156 valence electrons. The van der Waals surface area contributed by atoms with Crippen molar-refractivity contribution in [2.45, 2.75) is 20.0 Å². The van der Waals surface area contributed by atoms with Crippen LogP contribution in [0, 0.1) is 6.92 Å². The first kappa shape index (κ1) is 20.7. The van der Waals surface area contributed by atoms with Gasteiger partial charge in [-0.15, -0.1) is 0 Å². The van der Waals surface area contributed by atoms with Gasteiger partial charge in [0.05, 0.1) is 12.1 Å². The third kappa shape index (κ3) is 4.31. The molecule has 31 heavy (non-hydrogen) atoms.